The number of amides is 1. The van der Waals surface area contributed by atoms with Gasteiger partial charge in [-0.15, -0.1) is 0 Å². The van der Waals surface area contributed by atoms with Crippen molar-refractivity contribution in [3.05, 3.63) is 24.0 Å². The SMILES string of the molecule is CN(C(=O)C(F)(F)F)c1cnccc1C(=O)O. The van der Waals surface area contributed by atoms with Gasteiger partial charge in [-0.3, -0.25) is 9.78 Å². The van der Waals surface area contributed by atoms with E-state index in [9.17, 15) is 22.8 Å². The molecule has 1 aromatic rings. The van der Waals surface area contributed by atoms with Gasteiger partial charge in [0.25, 0.3) is 0 Å². The van der Waals surface area contributed by atoms with Crippen molar-refractivity contribution in [3.63, 3.8) is 0 Å². The Morgan fingerprint density at radius 3 is 2.47 bits per heavy atom. The summed E-state index contributed by atoms with van der Waals surface area (Å²) in [5, 5.41) is 8.75. The fourth-order valence-corrected chi connectivity index (χ4v) is 1.13. The molecule has 1 rings (SSSR count). The lowest BCUT2D eigenvalue weighted by atomic mass is 10.2. The molecule has 92 valence electrons. The second kappa shape index (κ2) is 4.40. The Kier molecular flexibility index (Phi) is 3.35. The minimum Gasteiger partial charge on any atom is -0.478 e. The Labute approximate surface area is 93.5 Å². The molecule has 0 radical (unpaired) electrons. The van der Waals surface area contributed by atoms with Crippen LogP contribution in [0.15, 0.2) is 18.5 Å². The van der Waals surface area contributed by atoms with E-state index >= 15 is 0 Å². The molecule has 0 saturated heterocycles. The first-order valence-corrected chi connectivity index (χ1v) is 4.27. The molecular formula is C9H7F3N2O3. The van der Waals surface area contributed by atoms with Crippen molar-refractivity contribution < 1.29 is 27.9 Å². The fourth-order valence-electron chi connectivity index (χ4n) is 1.13. The third kappa shape index (κ3) is 2.71. The number of carboxylic acids is 1. The molecule has 0 aliphatic heterocycles. The number of carboxylic acid groups (broad SMARTS) is 1. The molecule has 0 aliphatic rings. The van der Waals surface area contributed by atoms with Gasteiger partial charge in [0.1, 0.15) is 0 Å². The number of halogens is 3. The molecule has 1 N–H and O–H groups in total. The van der Waals surface area contributed by atoms with Crippen molar-refractivity contribution in [1.82, 2.24) is 4.98 Å². The molecule has 0 aromatic carbocycles. The lowest BCUT2D eigenvalue weighted by Gasteiger charge is -2.19. The third-order valence-electron chi connectivity index (χ3n) is 1.94. The molecule has 0 aliphatic carbocycles. The van der Waals surface area contributed by atoms with Gasteiger partial charge < -0.3 is 10.0 Å². The first-order chi connectivity index (χ1) is 7.75. The van der Waals surface area contributed by atoms with Gasteiger partial charge in [-0.05, 0) is 6.07 Å². The highest BCUT2D eigenvalue weighted by molar-refractivity contribution is 6.03. The minimum atomic E-state index is -5.07. The van der Waals surface area contributed by atoms with Gasteiger partial charge in [-0.1, -0.05) is 0 Å². The van der Waals surface area contributed by atoms with E-state index in [0.717, 1.165) is 25.5 Å². The number of pyridine rings is 1. The lowest BCUT2D eigenvalue weighted by Crippen LogP contribution is -2.39. The normalized spacial score (nSPS) is 11.1. The van der Waals surface area contributed by atoms with Crippen LogP contribution in [0.4, 0.5) is 18.9 Å². The third-order valence-corrected chi connectivity index (χ3v) is 1.94. The highest BCUT2D eigenvalue weighted by Gasteiger charge is 2.42. The maximum atomic E-state index is 12.2. The number of aromatic carboxylic acids is 1. The summed E-state index contributed by atoms with van der Waals surface area (Å²) in [4.78, 5) is 25.4. The van der Waals surface area contributed by atoms with Crippen molar-refractivity contribution in [2.24, 2.45) is 0 Å². The summed E-state index contributed by atoms with van der Waals surface area (Å²) in [5.74, 6) is -3.60. The average molecular weight is 248 g/mol. The number of hydrogen-bond donors (Lipinski definition) is 1. The van der Waals surface area contributed by atoms with Crippen LogP contribution in [0, 0.1) is 0 Å². The van der Waals surface area contributed by atoms with Gasteiger partial charge in [0, 0.05) is 13.2 Å². The van der Waals surface area contributed by atoms with Crippen molar-refractivity contribution in [2.75, 3.05) is 11.9 Å². The number of rotatable bonds is 2. The van der Waals surface area contributed by atoms with Crippen LogP contribution < -0.4 is 4.90 Å². The molecule has 0 fully saturated rings. The van der Waals surface area contributed by atoms with Crippen LogP contribution in [-0.2, 0) is 4.79 Å². The molecule has 1 aromatic heterocycles. The zero-order valence-corrected chi connectivity index (χ0v) is 8.52. The average Bonchev–Trinajstić information content (AvgIpc) is 2.25. The summed E-state index contributed by atoms with van der Waals surface area (Å²) < 4.78 is 36.5. The number of aromatic nitrogens is 1. The van der Waals surface area contributed by atoms with Crippen LogP contribution in [0.2, 0.25) is 0 Å². The molecule has 0 atom stereocenters. The van der Waals surface area contributed by atoms with Crippen LogP contribution in [0.5, 0.6) is 0 Å². The van der Waals surface area contributed by atoms with E-state index in [1.165, 1.54) is 0 Å². The van der Waals surface area contributed by atoms with Crippen molar-refractivity contribution >= 4 is 17.6 Å². The van der Waals surface area contributed by atoms with E-state index in [1.54, 1.807) is 0 Å². The predicted octanol–water partition coefficient (Wildman–Crippen LogP) is 1.30. The monoisotopic (exact) mass is 248 g/mol. The lowest BCUT2D eigenvalue weighted by molar-refractivity contribution is -0.170. The van der Waals surface area contributed by atoms with Crippen molar-refractivity contribution in [1.29, 1.82) is 0 Å². The molecular weight excluding hydrogens is 241 g/mol. The van der Waals surface area contributed by atoms with Crippen LogP contribution in [0.3, 0.4) is 0 Å². The zero-order valence-electron chi connectivity index (χ0n) is 8.52. The van der Waals surface area contributed by atoms with E-state index in [0.29, 0.717) is 0 Å². The molecule has 0 saturated carbocycles. The maximum absolute atomic E-state index is 12.2. The summed E-state index contributed by atoms with van der Waals surface area (Å²) >= 11 is 0. The molecule has 5 nitrogen and oxygen atoms in total. The second-order valence-corrected chi connectivity index (χ2v) is 3.06. The van der Waals surface area contributed by atoms with Crippen LogP contribution in [-0.4, -0.2) is 35.2 Å². The summed E-state index contributed by atoms with van der Waals surface area (Å²) in [6, 6.07) is 1.01. The predicted molar refractivity (Wildman–Crippen MR) is 50.7 cm³/mol. The number of alkyl halides is 3. The van der Waals surface area contributed by atoms with Gasteiger partial charge in [-0.2, -0.15) is 13.2 Å². The summed E-state index contributed by atoms with van der Waals surface area (Å²) in [5.41, 5.74) is -0.845. The molecule has 8 heteroatoms. The summed E-state index contributed by atoms with van der Waals surface area (Å²) in [7, 11) is 0.833. The van der Waals surface area contributed by atoms with Gasteiger partial charge in [0.15, 0.2) is 0 Å². The molecule has 1 heterocycles. The Hall–Kier alpha value is -2.12. The molecule has 1 amide bonds. The van der Waals surface area contributed by atoms with E-state index in [-0.39, 0.29) is 4.90 Å². The number of carbonyl (C=O) groups excluding carboxylic acids is 1. The van der Waals surface area contributed by atoms with Crippen molar-refractivity contribution in [2.45, 2.75) is 6.18 Å². The highest BCUT2D eigenvalue weighted by atomic mass is 19.4. The first kappa shape index (κ1) is 12.9. The quantitative estimate of drug-likeness (QED) is 0.856. The van der Waals surface area contributed by atoms with Gasteiger partial charge in [0.05, 0.1) is 17.4 Å². The Morgan fingerprint density at radius 1 is 1.41 bits per heavy atom. The summed E-state index contributed by atoms with van der Waals surface area (Å²) in [6.07, 6.45) is -3.08. The maximum Gasteiger partial charge on any atom is 0.471 e. The number of hydrogen-bond acceptors (Lipinski definition) is 3. The van der Waals surface area contributed by atoms with Crippen molar-refractivity contribution in [3.8, 4) is 0 Å². The minimum absolute atomic E-state index is 0.205. The summed E-state index contributed by atoms with van der Waals surface area (Å²) in [6.45, 7) is 0. The molecule has 17 heavy (non-hydrogen) atoms. The Bertz CT molecular complexity index is 459. The fraction of sp³-hybridized carbons (Fsp3) is 0.222. The zero-order chi connectivity index (χ0) is 13.2. The number of anilines is 1. The van der Waals surface area contributed by atoms with Gasteiger partial charge in [-0.25, -0.2) is 4.79 Å². The van der Waals surface area contributed by atoms with E-state index in [1.807, 2.05) is 0 Å². The Morgan fingerprint density at radius 2 is 2.00 bits per heavy atom. The van der Waals surface area contributed by atoms with Crippen LogP contribution >= 0.6 is 0 Å². The largest absolute Gasteiger partial charge is 0.478 e. The highest BCUT2D eigenvalue weighted by Crippen LogP contribution is 2.24. The standard InChI is InChI=1S/C9H7F3N2O3/c1-14(8(17)9(10,11)12)6-4-13-3-2-5(6)7(15)16/h2-4H,1H3,(H,15,16). The van der Waals surface area contributed by atoms with Gasteiger partial charge >= 0.3 is 18.1 Å². The van der Waals surface area contributed by atoms with Crippen LogP contribution in [0.1, 0.15) is 10.4 Å². The smallest absolute Gasteiger partial charge is 0.471 e. The van der Waals surface area contributed by atoms with E-state index in [4.69, 9.17) is 5.11 Å². The molecule has 0 bridgehead atoms. The van der Waals surface area contributed by atoms with E-state index in [2.05, 4.69) is 4.98 Å². The van der Waals surface area contributed by atoms with Gasteiger partial charge in [0.2, 0.25) is 0 Å². The first-order valence-electron chi connectivity index (χ1n) is 4.27. The molecule has 0 spiro atoms. The number of nitrogens with zero attached hydrogens (tertiary/aromatic N) is 2. The van der Waals surface area contributed by atoms with E-state index < -0.39 is 29.3 Å². The molecule has 0 unspecified atom stereocenters. The Balaban J connectivity index is 3.17. The number of carbonyl (C=O) groups is 2. The second-order valence-electron chi connectivity index (χ2n) is 3.06. The van der Waals surface area contributed by atoms with Crippen LogP contribution in [0.25, 0.3) is 0 Å². The topological polar surface area (TPSA) is 70.5 Å².